The SMILES string of the molecule is CC(N)CNC(=O)c1ccc(F)cn1. The number of nitrogens with one attached hydrogen (secondary N) is 1. The number of nitrogens with zero attached hydrogens (tertiary/aromatic N) is 1. The van der Waals surface area contributed by atoms with Crippen molar-refractivity contribution in [3.63, 3.8) is 0 Å². The summed E-state index contributed by atoms with van der Waals surface area (Å²) in [5.74, 6) is -0.809. The van der Waals surface area contributed by atoms with Crippen LogP contribution in [-0.4, -0.2) is 23.5 Å². The van der Waals surface area contributed by atoms with Gasteiger partial charge in [0, 0.05) is 12.6 Å². The molecule has 1 aromatic heterocycles. The molecule has 0 aliphatic carbocycles. The van der Waals surface area contributed by atoms with Crippen molar-refractivity contribution in [1.82, 2.24) is 10.3 Å². The van der Waals surface area contributed by atoms with Crippen LogP contribution in [0, 0.1) is 5.82 Å². The summed E-state index contributed by atoms with van der Waals surface area (Å²) in [4.78, 5) is 14.9. The Balaban J connectivity index is 2.57. The van der Waals surface area contributed by atoms with Crippen molar-refractivity contribution in [2.45, 2.75) is 13.0 Å². The van der Waals surface area contributed by atoms with E-state index in [0.29, 0.717) is 6.54 Å². The van der Waals surface area contributed by atoms with Gasteiger partial charge in [0.1, 0.15) is 11.5 Å². The quantitative estimate of drug-likeness (QED) is 0.732. The molecule has 0 aromatic carbocycles. The maximum absolute atomic E-state index is 12.4. The number of hydrogen-bond acceptors (Lipinski definition) is 3. The zero-order valence-corrected chi connectivity index (χ0v) is 7.83. The Labute approximate surface area is 81.3 Å². The van der Waals surface area contributed by atoms with Gasteiger partial charge in [0.15, 0.2) is 0 Å². The summed E-state index contributed by atoms with van der Waals surface area (Å²) < 4.78 is 12.4. The standard InChI is InChI=1S/C9H12FN3O/c1-6(11)4-13-9(14)8-3-2-7(10)5-12-8/h2-3,5-6H,4,11H2,1H3,(H,13,14). The summed E-state index contributed by atoms with van der Waals surface area (Å²) in [5.41, 5.74) is 5.63. The zero-order valence-electron chi connectivity index (χ0n) is 7.83. The van der Waals surface area contributed by atoms with Gasteiger partial charge in [-0.15, -0.1) is 0 Å². The minimum atomic E-state index is -0.464. The van der Waals surface area contributed by atoms with Crippen molar-refractivity contribution in [2.24, 2.45) is 5.73 Å². The monoisotopic (exact) mass is 197 g/mol. The van der Waals surface area contributed by atoms with Gasteiger partial charge in [-0.25, -0.2) is 9.37 Å². The first-order valence-electron chi connectivity index (χ1n) is 4.25. The summed E-state index contributed by atoms with van der Waals surface area (Å²) >= 11 is 0. The van der Waals surface area contributed by atoms with Gasteiger partial charge in [0.25, 0.3) is 5.91 Å². The third kappa shape index (κ3) is 3.10. The molecule has 0 aliphatic rings. The van der Waals surface area contributed by atoms with E-state index in [2.05, 4.69) is 10.3 Å². The molecular weight excluding hydrogens is 185 g/mol. The molecule has 5 heteroatoms. The number of rotatable bonds is 3. The molecule has 76 valence electrons. The van der Waals surface area contributed by atoms with Crippen molar-refractivity contribution in [3.05, 3.63) is 29.8 Å². The number of hydrogen-bond donors (Lipinski definition) is 2. The minimum Gasteiger partial charge on any atom is -0.349 e. The highest BCUT2D eigenvalue weighted by molar-refractivity contribution is 5.92. The molecule has 0 saturated heterocycles. The van der Waals surface area contributed by atoms with E-state index in [4.69, 9.17) is 5.73 Å². The van der Waals surface area contributed by atoms with E-state index in [1.54, 1.807) is 6.92 Å². The maximum atomic E-state index is 12.4. The van der Waals surface area contributed by atoms with Crippen LogP contribution < -0.4 is 11.1 Å². The van der Waals surface area contributed by atoms with Crippen molar-refractivity contribution in [3.8, 4) is 0 Å². The highest BCUT2D eigenvalue weighted by atomic mass is 19.1. The topological polar surface area (TPSA) is 68.0 Å². The largest absolute Gasteiger partial charge is 0.349 e. The van der Waals surface area contributed by atoms with Crippen LogP contribution in [0.25, 0.3) is 0 Å². The number of carbonyl (C=O) groups excluding carboxylic acids is 1. The van der Waals surface area contributed by atoms with Crippen molar-refractivity contribution >= 4 is 5.91 Å². The second-order valence-corrected chi connectivity index (χ2v) is 3.05. The van der Waals surface area contributed by atoms with Crippen LogP contribution in [0.5, 0.6) is 0 Å². The second kappa shape index (κ2) is 4.66. The highest BCUT2D eigenvalue weighted by Crippen LogP contribution is 1.97. The molecule has 1 aromatic rings. The molecule has 0 fully saturated rings. The lowest BCUT2D eigenvalue weighted by Gasteiger charge is -2.06. The molecule has 1 rings (SSSR count). The number of carbonyl (C=O) groups is 1. The number of pyridine rings is 1. The Morgan fingerprint density at radius 3 is 2.93 bits per heavy atom. The van der Waals surface area contributed by atoms with Crippen LogP contribution in [0.2, 0.25) is 0 Å². The molecule has 14 heavy (non-hydrogen) atoms. The lowest BCUT2D eigenvalue weighted by molar-refractivity contribution is 0.0946. The predicted octanol–water partition coefficient (Wildman–Crippen LogP) is 0.298. The molecule has 0 radical (unpaired) electrons. The molecular formula is C9H12FN3O. The molecule has 1 atom stereocenters. The van der Waals surface area contributed by atoms with E-state index in [-0.39, 0.29) is 17.6 Å². The predicted molar refractivity (Wildman–Crippen MR) is 50.2 cm³/mol. The number of amides is 1. The van der Waals surface area contributed by atoms with E-state index in [1.165, 1.54) is 12.1 Å². The van der Waals surface area contributed by atoms with Crippen molar-refractivity contribution in [1.29, 1.82) is 0 Å². The molecule has 0 spiro atoms. The molecule has 1 heterocycles. The Hall–Kier alpha value is -1.49. The summed E-state index contributed by atoms with van der Waals surface area (Å²) in [6.07, 6.45) is 1.00. The van der Waals surface area contributed by atoms with E-state index >= 15 is 0 Å². The normalized spacial score (nSPS) is 12.2. The molecule has 1 amide bonds. The van der Waals surface area contributed by atoms with Gasteiger partial charge < -0.3 is 11.1 Å². The van der Waals surface area contributed by atoms with Crippen LogP contribution in [0.1, 0.15) is 17.4 Å². The molecule has 4 nitrogen and oxygen atoms in total. The van der Waals surface area contributed by atoms with E-state index < -0.39 is 5.82 Å². The fourth-order valence-corrected chi connectivity index (χ4v) is 0.854. The summed E-state index contributed by atoms with van der Waals surface area (Å²) in [7, 11) is 0. The molecule has 0 bridgehead atoms. The Morgan fingerprint density at radius 2 is 2.43 bits per heavy atom. The smallest absolute Gasteiger partial charge is 0.269 e. The van der Waals surface area contributed by atoms with Crippen LogP contribution >= 0.6 is 0 Å². The number of aromatic nitrogens is 1. The summed E-state index contributed by atoms with van der Waals surface area (Å²) in [6.45, 7) is 2.15. The lowest BCUT2D eigenvalue weighted by atomic mass is 10.3. The average molecular weight is 197 g/mol. The van der Waals surface area contributed by atoms with Gasteiger partial charge in [-0.3, -0.25) is 4.79 Å². The zero-order chi connectivity index (χ0) is 10.6. The highest BCUT2D eigenvalue weighted by Gasteiger charge is 2.06. The van der Waals surface area contributed by atoms with Gasteiger partial charge in [-0.05, 0) is 19.1 Å². The molecule has 0 aliphatic heterocycles. The van der Waals surface area contributed by atoms with Gasteiger partial charge in [0.05, 0.1) is 6.20 Å². The van der Waals surface area contributed by atoms with Crippen molar-refractivity contribution < 1.29 is 9.18 Å². The Kier molecular flexibility index (Phi) is 3.53. The first-order valence-corrected chi connectivity index (χ1v) is 4.25. The maximum Gasteiger partial charge on any atom is 0.269 e. The first kappa shape index (κ1) is 10.6. The van der Waals surface area contributed by atoms with Crippen molar-refractivity contribution in [2.75, 3.05) is 6.54 Å². The Morgan fingerprint density at radius 1 is 1.71 bits per heavy atom. The van der Waals surface area contributed by atoms with Crippen LogP contribution in [-0.2, 0) is 0 Å². The first-order chi connectivity index (χ1) is 6.59. The number of nitrogens with two attached hydrogens (primary N) is 1. The Bertz CT molecular complexity index is 310. The van der Waals surface area contributed by atoms with Crippen LogP contribution in [0.3, 0.4) is 0 Å². The van der Waals surface area contributed by atoms with E-state index in [0.717, 1.165) is 6.20 Å². The third-order valence-electron chi connectivity index (χ3n) is 1.54. The summed E-state index contributed by atoms with van der Waals surface area (Å²) in [5, 5.41) is 2.57. The van der Waals surface area contributed by atoms with E-state index in [1.807, 2.05) is 0 Å². The third-order valence-corrected chi connectivity index (χ3v) is 1.54. The fraction of sp³-hybridized carbons (Fsp3) is 0.333. The van der Waals surface area contributed by atoms with Gasteiger partial charge >= 0.3 is 0 Å². The average Bonchev–Trinajstić information content (AvgIpc) is 2.15. The molecule has 3 N–H and O–H groups in total. The van der Waals surface area contributed by atoms with Gasteiger partial charge in [-0.1, -0.05) is 0 Å². The van der Waals surface area contributed by atoms with Crippen LogP contribution in [0.4, 0.5) is 4.39 Å². The van der Waals surface area contributed by atoms with Gasteiger partial charge in [-0.2, -0.15) is 0 Å². The minimum absolute atomic E-state index is 0.112. The van der Waals surface area contributed by atoms with Gasteiger partial charge in [0.2, 0.25) is 0 Å². The van der Waals surface area contributed by atoms with Crippen LogP contribution in [0.15, 0.2) is 18.3 Å². The van der Waals surface area contributed by atoms with E-state index in [9.17, 15) is 9.18 Å². The molecule has 1 unspecified atom stereocenters. The second-order valence-electron chi connectivity index (χ2n) is 3.05. The molecule has 0 saturated carbocycles. The fourth-order valence-electron chi connectivity index (χ4n) is 0.854. The number of halogens is 1. The lowest BCUT2D eigenvalue weighted by Crippen LogP contribution is -2.35. The summed E-state index contributed by atoms with van der Waals surface area (Å²) in [6, 6.07) is 2.40.